The van der Waals surface area contributed by atoms with Gasteiger partial charge in [-0.25, -0.2) is 0 Å². The van der Waals surface area contributed by atoms with E-state index in [1.54, 1.807) is 24.1 Å². The molecule has 1 fully saturated rings. The van der Waals surface area contributed by atoms with Gasteiger partial charge in [-0.3, -0.25) is 9.59 Å². The fourth-order valence-electron chi connectivity index (χ4n) is 3.14. The summed E-state index contributed by atoms with van der Waals surface area (Å²) in [7, 11) is 3.43. The lowest BCUT2D eigenvalue weighted by atomic mass is 9.94. The molecule has 0 saturated heterocycles. The third kappa shape index (κ3) is 3.54. The van der Waals surface area contributed by atoms with Crippen LogP contribution in [0.2, 0.25) is 5.02 Å². The zero-order valence-corrected chi connectivity index (χ0v) is 15.1. The minimum absolute atomic E-state index is 0.115. The first-order chi connectivity index (χ1) is 12.0. The summed E-state index contributed by atoms with van der Waals surface area (Å²) in [5, 5.41) is 3.27. The molecule has 0 aromatic heterocycles. The zero-order chi connectivity index (χ0) is 18.0. The van der Waals surface area contributed by atoms with Gasteiger partial charge in [-0.05, 0) is 48.2 Å². The number of amides is 2. The third-order valence-corrected chi connectivity index (χ3v) is 5.02. The molecule has 1 saturated carbocycles. The summed E-state index contributed by atoms with van der Waals surface area (Å²) in [6, 6.07) is 14.9. The molecule has 1 N–H and O–H groups in total. The first kappa shape index (κ1) is 17.5. The van der Waals surface area contributed by atoms with E-state index < -0.39 is 5.41 Å². The van der Waals surface area contributed by atoms with Crippen LogP contribution in [-0.4, -0.2) is 30.8 Å². The summed E-state index contributed by atoms with van der Waals surface area (Å²) in [6.07, 6.45) is 1.74. The molecule has 2 aromatic carbocycles. The molecule has 0 heterocycles. The summed E-state index contributed by atoms with van der Waals surface area (Å²) < 4.78 is 0. The van der Waals surface area contributed by atoms with Gasteiger partial charge in [0, 0.05) is 31.2 Å². The standard InChI is InChI=1S/C20H21ClN2O2/c1-22-18(24)15-5-3-14(4-6-15)13-23(2)19(25)20(11-12-20)16-7-9-17(21)10-8-16/h3-10H,11-13H2,1-2H3,(H,22,24). The van der Waals surface area contributed by atoms with E-state index in [0.29, 0.717) is 17.1 Å². The molecule has 4 nitrogen and oxygen atoms in total. The van der Waals surface area contributed by atoms with Crippen LogP contribution >= 0.6 is 11.6 Å². The number of rotatable bonds is 5. The van der Waals surface area contributed by atoms with Crippen molar-refractivity contribution in [1.29, 1.82) is 0 Å². The molecule has 1 aliphatic carbocycles. The van der Waals surface area contributed by atoms with Crippen LogP contribution < -0.4 is 5.32 Å². The van der Waals surface area contributed by atoms with Crippen molar-refractivity contribution in [3.63, 3.8) is 0 Å². The van der Waals surface area contributed by atoms with Crippen molar-refractivity contribution in [2.24, 2.45) is 0 Å². The van der Waals surface area contributed by atoms with Crippen LogP contribution in [0.4, 0.5) is 0 Å². The topological polar surface area (TPSA) is 49.4 Å². The van der Waals surface area contributed by atoms with Gasteiger partial charge >= 0.3 is 0 Å². The largest absolute Gasteiger partial charge is 0.355 e. The van der Waals surface area contributed by atoms with E-state index in [1.807, 2.05) is 43.4 Å². The minimum atomic E-state index is -0.401. The Morgan fingerprint density at radius 3 is 2.20 bits per heavy atom. The van der Waals surface area contributed by atoms with Crippen LogP contribution in [0, 0.1) is 0 Å². The third-order valence-electron chi connectivity index (χ3n) is 4.77. The lowest BCUT2D eigenvalue weighted by Gasteiger charge is -2.24. The van der Waals surface area contributed by atoms with E-state index in [2.05, 4.69) is 5.32 Å². The summed E-state index contributed by atoms with van der Waals surface area (Å²) >= 11 is 5.95. The molecule has 25 heavy (non-hydrogen) atoms. The second-order valence-electron chi connectivity index (χ2n) is 6.53. The smallest absolute Gasteiger partial charge is 0.251 e. The molecule has 0 spiro atoms. The van der Waals surface area contributed by atoms with E-state index in [9.17, 15) is 9.59 Å². The Hall–Kier alpha value is -2.33. The van der Waals surface area contributed by atoms with Crippen LogP contribution in [0.3, 0.4) is 0 Å². The number of nitrogens with one attached hydrogen (secondary N) is 1. The summed E-state index contributed by atoms with van der Waals surface area (Å²) in [4.78, 5) is 26.3. The van der Waals surface area contributed by atoms with Crippen molar-refractivity contribution >= 4 is 23.4 Å². The fraction of sp³-hybridized carbons (Fsp3) is 0.300. The number of hydrogen-bond acceptors (Lipinski definition) is 2. The Bertz CT molecular complexity index is 780. The van der Waals surface area contributed by atoms with Crippen LogP contribution in [-0.2, 0) is 16.8 Å². The molecule has 1 aliphatic rings. The quantitative estimate of drug-likeness (QED) is 0.892. The van der Waals surface area contributed by atoms with Crippen molar-refractivity contribution in [1.82, 2.24) is 10.2 Å². The maximum Gasteiger partial charge on any atom is 0.251 e. The van der Waals surface area contributed by atoms with Crippen molar-refractivity contribution in [3.8, 4) is 0 Å². The van der Waals surface area contributed by atoms with Gasteiger partial charge in [0.15, 0.2) is 0 Å². The van der Waals surface area contributed by atoms with Crippen molar-refractivity contribution in [3.05, 3.63) is 70.2 Å². The molecule has 0 bridgehead atoms. The molecule has 0 unspecified atom stereocenters. The van der Waals surface area contributed by atoms with Gasteiger partial charge in [-0.2, -0.15) is 0 Å². The molecule has 5 heteroatoms. The number of benzene rings is 2. The van der Waals surface area contributed by atoms with Gasteiger partial charge in [0.2, 0.25) is 5.91 Å². The number of carbonyl (C=O) groups excluding carboxylic acids is 2. The normalized spacial score (nSPS) is 14.7. The molecule has 130 valence electrons. The average molecular weight is 357 g/mol. The Labute approximate surface area is 152 Å². The molecule has 0 aliphatic heterocycles. The number of hydrogen-bond donors (Lipinski definition) is 1. The van der Waals surface area contributed by atoms with E-state index in [1.165, 1.54) is 0 Å². The second kappa shape index (κ2) is 6.89. The lowest BCUT2D eigenvalue weighted by Crippen LogP contribution is -2.36. The highest BCUT2D eigenvalue weighted by Crippen LogP contribution is 2.49. The van der Waals surface area contributed by atoms with Crippen LogP contribution in [0.25, 0.3) is 0 Å². The Kier molecular flexibility index (Phi) is 4.82. The van der Waals surface area contributed by atoms with Gasteiger partial charge in [0.1, 0.15) is 0 Å². The zero-order valence-electron chi connectivity index (χ0n) is 14.4. The Balaban J connectivity index is 1.70. The Morgan fingerprint density at radius 2 is 1.68 bits per heavy atom. The van der Waals surface area contributed by atoms with Gasteiger partial charge in [-0.15, -0.1) is 0 Å². The van der Waals surface area contributed by atoms with Crippen LogP contribution in [0.5, 0.6) is 0 Å². The predicted octanol–water partition coefficient (Wildman–Crippen LogP) is 3.39. The highest BCUT2D eigenvalue weighted by Gasteiger charge is 2.52. The maximum absolute atomic E-state index is 13.0. The predicted molar refractivity (Wildman–Crippen MR) is 98.7 cm³/mol. The first-order valence-corrected chi connectivity index (χ1v) is 8.67. The number of halogens is 1. The van der Waals surface area contributed by atoms with E-state index in [-0.39, 0.29) is 11.8 Å². The second-order valence-corrected chi connectivity index (χ2v) is 6.96. The van der Waals surface area contributed by atoms with Crippen LogP contribution in [0.1, 0.15) is 34.3 Å². The highest BCUT2D eigenvalue weighted by atomic mass is 35.5. The monoisotopic (exact) mass is 356 g/mol. The summed E-state index contributed by atoms with van der Waals surface area (Å²) in [5.41, 5.74) is 2.24. The van der Waals surface area contributed by atoms with Crippen molar-refractivity contribution in [2.45, 2.75) is 24.8 Å². The highest BCUT2D eigenvalue weighted by molar-refractivity contribution is 6.30. The Morgan fingerprint density at radius 1 is 1.08 bits per heavy atom. The van der Waals surface area contributed by atoms with E-state index in [4.69, 9.17) is 11.6 Å². The first-order valence-electron chi connectivity index (χ1n) is 8.29. The van der Waals surface area contributed by atoms with E-state index >= 15 is 0 Å². The van der Waals surface area contributed by atoms with E-state index in [0.717, 1.165) is 24.0 Å². The lowest BCUT2D eigenvalue weighted by molar-refractivity contribution is -0.133. The number of likely N-dealkylation sites (N-methyl/N-ethyl adjacent to an activating group) is 1. The average Bonchev–Trinajstić information content (AvgIpc) is 3.43. The fourth-order valence-corrected chi connectivity index (χ4v) is 3.26. The molecular formula is C20H21ClN2O2. The van der Waals surface area contributed by atoms with Gasteiger partial charge < -0.3 is 10.2 Å². The molecular weight excluding hydrogens is 336 g/mol. The number of nitrogens with zero attached hydrogens (tertiary/aromatic N) is 1. The van der Waals surface area contributed by atoms with Gasteiger partial charge in [0.05, 0.1) is 5.41 Å². The molecule has 3 rings (SSSR count). The molecule has 2 aromatic rings. The number of carbonyl (C=O) groups is 2. The maximum atomic E-state index is 13.0. The SMILES string of the molecule is CNC(=O)c1ccc(CN(C)C(=O)C2(c3ccc(Cl)cc3)CC2)cc1. The summed E-state index contributed by atoms with van der Waals surface area (Å²) in [5.74, 6) is 0.0147. The molecule has 0 radical (unpaired) electrons. The van der Waals surface area contributed by atoms with Crippen molar-refractivity contribution < 1.29 is 9.59 Å². The van der Waals surface area contributed by atoms with Crippen molar-refractivity contribution in [2.75, 3.05) is 14.1 Å². The van der Waals surface area contributed by atoms with Gasteiger partial charge in [-0.1, -0.05) is 35.9 Å². The molecule has 0 atom stereocenters. The minimum Gasteiger partial charge on any atom is -0.355 e. The van der Waals surface area contributed by atoms with Crippen LogP contribution in [0.15, 0.2) is 48.5 Å². The summed E-state index contributed by atoms with van der Waals surface area (Å²) in [6.45, 7) is 0.516. The van der Waals surface area contributed by atoms with Gasteiger partial charge in [0.25, 0.3) is 5.91 Å². The molecule has 2 amide bonds.